The van der Waals surface area contributed by atoms with Gasteiger partial charge in [0.2, 0.25) is 11.8 Å². The Hall–Kier alpha value is -2.47. The second kappa shape index (κ2) is 14.1. The van der Waals surface area contributed by atoms with Crippen LogP contribution in [0.15, 0.2) is 72.8 Å². The third kappa shape index (κ3) is 8.26. The first-order valence-corrected chi connectivity index (χ1v) is 15.0. The largest absolute Gasteiger partial charge is 0.352 e. The molecule has 0 aromatic heterocycles. The number of halogens is 2. The number of hydrogen-bond acceptors (Lipinski definition) is 3. The van der Waals surface area contributed by atoms with Gasteiger partial charge in [-0.1, -0.05) is 102 Å². The Kier molecular flexibility index (Phi) is 10.6. The van der Waals surface area contributed by atoms with Gasteiger partial charge < -0.3 is 10.2 Å². The molecule has 1 N–H and O–H groups in total. The molecule has 38 heavy (non-hydrogen) atoms. The van der Waals surface area contributed by atoms with Crippen LogP contribution in [0.3, 0.4) is 0 Å². The van der Waals surface area contributed by atoms with Gasteiger partial charge in [-0.2, -0.15) is 0 Å². The molecule has 1 aliphatic carbocycles. The zero-order valence-corrected chi connectivity index (χ0v) is 24.0. The highest BCUT2D eigenvalue weighted by atomic mass is 35.5. The van der Waals surface area contributed by atoms with E-state index in [9.17, 15) is 9.59 Å². The van der Waals surface area contributed by atoms with E-state index in [0.717, 1.165) is 42.6 Å². The molecule has 3 aromatic rings. The van der Waals surface area contributed by atoms with Crippen LogP contribution in [0.4, 0.5) is 0 Å². The molecule has 3 aromatic carbocycles. The first-order valence-electron chi connectivity index (χ1n) is 13.1. The predicted molar refractivity (Wildman–Crippen MR) is 159 cm³/mol. The van der Waals surface area contributed by atoms with Gasteiger partial charge in [-0.15, -0.1) is 11.8 Å². The van der Waals surface area contributed by atoms with Crippen molar-refractivity contribution >= 4 is 46.8 Å². The zero-order valence-electron chi connectivity index (χ0n) is 21.7. The molecule has 0 bridgehead atoms. The highest BCUT2D eigenvalue weighted by Gasteiger charge is 2.32. The number of carbonyl (C=O) groups excluding carboxylic acids is 2. The summed E-state index contributed by atoms with van der Waals surface area (Å²) in [6.07, 6.45) is 4.62. The Balaban J connectivity index is 1.59. The number of thioether (sulfide) groups is 1. The average molecular weight is 570 g/mol. The molecule has 1 atom stereocenters. The molecule has 4 rings (SSSR count). The molecule has 1 aliphatic rings. The monoisotopic (exact) mass is 568 g/mol. The van der Waals surface area contributed by atoms with Gasteiger partial charge in [-0.25, -0.2) is 0 Å². The van der Waals surface area contributed by atoms with Crippen molar-refractivity contribution < 1.29 is 9.59 Å². The Morgan fingerprint density at radius 3 is 2.42 bits per heavy atom. The number of aryl methyl sites for hydroxylation is 1. The van der Waals surface area contributed by atoms with E-state index in [1.54, 1.807) is 28.8 Å². The summed E-state index contributed by atoms with van der Waals surface area (Å²) in [5.74, 6) is 0.793. The summed E-state index contributed by atoms with van der Waals surface area (Å²) >= 11 is 14.2. The highest BCUT2D eigenvalue weighted by molar-refractivity contribution is 7.99. The van der Waals surface area contributed by atoms with Crippen molar-refractivity contribution in [2.45, 2.75) is 63.4 Å². The molecule has 0 spiro atoms. The fourth-order valence-corrected chi connectivity index (χ4v) is 6.22. The average Bonchev–Trinajstić information content (AvgIpc) is 3.41. The zero-order chi connectivity index (χ0) is 26.9. The van der Waals surface area contributed by atoms with E-state index in [-0.39, 0.29) is 30.2 Å². The Morgan fingerprint density at radius 2 is 1.71 bits per heavy atom. The Morgan fingerprint density at radius 1 is 0.974 bits per heavy atom. The molecule has 0 aliphatic heterocycles. The number of amides is 2. The van der Waals surface area contributed by atoms with Crippen LogP contribution in [0.1, 0.15) is 47.9 Å². The van der Waals surface area contributed by atoms with Crippen molar-refractivity contribution in [3.8, 4) is 0 Å². The predicted octanol–water partition coefficient (Wildman–Crippen LogP) is 7.23. The number of carbonyl (C=O) groups is 2. The Labute approximate surface area is 240 Å². The maximum Gasteiger partial charge on any atom is 0.243 e. The minimum Gasteiger partial charge on any atom is -0.352 e. The van der Waals surface area contributed by atoms with Gasteiger partial charge in [0.1, 0.15) is 6.04 Å². The van der Waals surface area contributed by atoms with Crippen molar-refractivity contribution in [1.82, 2.24) is 10.2 Å². The van der Waals surface area contributed by atoms with Crippen LogP contribution < -0.4 is 5.32 Å². The van der Waals surface area contributed by atoms with E-state index < -0.39 is 6.04 Å². The van der Waals surface area contributed by atoms with E-state index in [1.807, 2.05) is 42.5 Å². The molecule has 2 amide bonds. The van der Waals surface area contributed by atoms with E-state index in [1.165, 1.54) is 11.1 Å². The highest BCUT2D eigenvalue weighted by Crippen LogP contribution is 2.26. The number of nitrogens with zero attached hydrogens (tertiary/aromatic N) is 1. The van der Waals surface area contributed by atoms with Gasteiger partial charge in [-0.05, 0) is 48.6 Å². The van der Waals surface area contributed by atoms with Crippen molar-refractivity contribution in [3.05, 3.63) is 105 Å². The van der Waals surface area contributed by atoms with Gasteiger partial charge in [0, 0.05) is 34.8 Å². The van der Waals surface area contributed by atoms with Gasteiger partial charge in [0.15, 0.2) is 0 Å². The summed E-state index contributed by atoms with van der Waals surface area (Å²) < 4.78 is 0. The summed E-state index contributed by atoms with van der Waals surface area (Å²) in [6, 6.07) is 23.0. The fourth-order valence-electron chi connectivity index (χ4n) is 4.90. The fraction of sp³-hybridized carbons (Fsp3) is 0.355. The molecule has 0 saturated heterocycles. The topological polar surface area (TPSA) is 49.4 Å². The smallest absolute Gasteiger partial charge is 0.243 e. The van der Waals surface area contributed by atoms with Crippen LogP contribution in [0.25, 0.3) is 0 Å². The Bertz CT molecular complexity index is 1230. The lowest BCUT2D eigenvalue weighted by molar-refractivity contribution is -0.139. The number of rotatable bonds is 11. The second-order valence-corrected chi connectivity index (χ2v) is 11.8. The third-order valence-electron chi connectivity index (χ3n) is 6.91. The maximum atomic E-state index is 13.8. The quantitative estimate of drug-likeness (QED) is 0.265. The van der Waals surface area contributed by atoms with Gasteiger partial charge in [0.05, 0.1) is 5.75 Å². The molecule has 0 radical (unpaired) electrons. The summed E-state index contributed by atoms with van der Waals surface area (Å²) in [4.78, 5) is 29.3. The van der Waals surface area contributed by atoms with Crippen LogP contribution in [-0.2, 0) is 28.3 Å². The lowest BCUT2D eigenvalue weighted by Gasteiger charge is -2.32. The van der Waals surface area contributed by atoms with Crippen molar-refractivity contribution in [3.63, 3.8) is 0 Å². The molecule has 1 saturated carbocycles. The maximum absolute atomic E-state index is 13.8. The van der Waals surface area contributed by atoms with Crippen LogP contribution >= 0.6 is 35.0 Å². The molecule has 7 heteroatoms. The minimum atomic E-state index is -0.656. The van der Waals surface area contributed by atoms with Gasteiger partial charge in [0.25, 0.3) is 0 Å². The molecule has 4 nitrogen and oxygen atoms in total. The summed E-state index contributed by atoms with van der Waals surface area (Å²) in [5.41, 5.74) is 4.14. The first-order chi connectivity index (χ1) is 18.4. The first kappa shape index (κ1) is 28.5. The summed E-state index contributed by atoms with van der Waals surface area (Å²) in [7, 11) is 0. The normalized spacial score (nSPS) is 14.3. The summed E-state index contributed by atoms with van der Waals surface area (Å²) in [5, 5.41) is 4.25. The lowest BCUT2D eigenvalue weighted by atomic mass is 10.0. The lowest BCUT2D eigenvalue weighted by Crippen LogP contribution is -2.52. The summed E-state index contributed by atoms with van der Waals surface area (Å²) in [6.45, 7) is 2.30. The van der Waals surface area contributed by atoms with Gasteiger partial charge >= 0.3 is 0 Å². The van der Waals surface area contributed by atoms with Crippen molar-refractivity contribution in [1.29, 1.82) is 0 Å². The minimum absolute atomic E-state index is 0.0869. The third-order valence-corrected chi connectivity index (χ3v) is 8.48. The molecular weight excluding hydrogens is 535 g/mol. The molecule has 1 fully saturated rings. The van der Waals surface area contributed by atoms with Gasteiger partial charge in [-0.3, -0.25) is 9.59 Å². The van der Waals surface area contributed by atoms with E-state index >= 15 is 0 Å². The van der Waals surface area contributed by atoms with Crippen LogP contribution in [-0.4, -0.2) is 34.6 Å². The number of benzene rings is 3. The van der Waals surface area contributed by atoms with E-state index in [0.29, 0.717) is 16.5 Å². The van der Waals surface area contributed by atoms with Crippen molar-refractivity contribution in [2.75, 3.05) is 5.75 Å². The van der Waals surface area contributed by atoms with Crippen LogP contribution in [0.2, 0.25) is 10.0 Å². The molecular formula is C31H34Cl2N2O2S. The van der Waals surface area contributed by atoms with E-state index in [4.69, 9.17) is 23.2 Å². The second-order valence-electron chi connectivity index (χ2n) is 9.93. The van der Waals surface area contributed by atoms with Crippen LogP contribution in [0, 0.1) is 6.92 Å². The number of hydrogen-bond donors (Lipinski definition) is 1. The number of nitrogens with one attached hydrogen (secondary N) is 1. The molecule has 0 unspecified atom stereocenters. The molecule has 0 heterocycles. The van der Waals surface area contributed by atoms with Crippen molar-refractivity contribution in [2.24, 2.45) is 0 Å². The standard InChI is InChI=1S/C31H34Cl2N2O2S/c1-22-8-7-11-24(16-22)20-38-21-30(36)35(19-25-14-15-26(32)18-28(25)33)29(17-23-9-3-2-4-10-23)31(37)34-27-12-5-6-13-27/h2-4,7-11,14-16,18,27,29H,5-6,12-13,17,19-21H2,1H3,(H,34,37)/t29-/m1/s1. The van der Waals surface area contributed by atoms with E-state index in [2.05, 4.69) is 30.4 Å². The molecule has 200 valence electrons. The SMILES string of the molecule is Cc1cccc(CSCC(=O)N(Cc2ccc(Cl)cc2Cl)[C@H](Cc2ccccc2)C(=O)NC2CCCC2)c1. The van der Waals surface area contributed by atoms with Crippen LogP contribution in [0.5, 0.6) is 0 Å².